The van der Waals surface area contributed by atoms with E-state index in [0.717, 1.165) is 16.8 Å². The first kappa shape index (κ1) is 14.9. The molecular formula is C16H25BrN2. The highest BCUT2D eigenvalue weighted by atomic mass is 79.9. The smallest absolute Gasteiger partial charge is 0.0410 e. The van der Waals surface area contributed by atoms with Crippen molar-refractivity contribution in [3.8, 4) is 0 Å². The fraction of sp³-hybridized carbons (Fsp3) is 0.625. The lowest BCUT2D eigenvalue weighted by molar-refractivity contribution is 0.404. The maximum Gasteiger partial charge on any atom is 0.0410 e. The Kier molecular flexibility index (Phi) is 5.28. The zero-order chi connectivity index (χ0) is 13.8. The van der Waals surface area contributed by atoms with Crippen molar-refractivity contribution in [3.63, 3.8) is 0 Å². The number of hydrogen-bond donors (Lipinski definition) is 1. The summed E-state index contributed by atoms with van der Waals surface area (Å²) >= 11 is 3.60. The summed E-state index contributed by atoms with van der Waals surface area (Å²) in [6.07, 6.45) is 4.93. The van der Waals surface area contributed by atoms with E-state index in [9.17, 15) is 0 Å². The van der Waals surface area contributed by atoms with E-state index in [4.69, 9.17) is 5.73 Å². The van der Waals surface area contributed by atoms with Gasteiger partial charge >= 0.3 is 0 Å². The standard InChI is InChI=1S/C16H25BrN2/c1-3-13-5-4-8-19(11-13)16-10-15(17)7-6-14(16)9-12(2)18/h6-7,10,12-13H,3-5,8-9,11,18H2,1-2H3. The molecule has 0 spiro atoms. The van der Waals surface area contributed by atoms with Crippen molar-refractivity contribution in [2.45, 2.75) is 45.6 Å². The number of rotatable bonds is 4. The molecular weight excluding hydrogens is 300 g/mol. The number of piperidine rings is 1. The van der Waals surface area contributed by atoms with Gasteiger partial charge in [-0.3, -0.25) is 0 Å². The van der Waals surface area contributed by atoms with Gasteiger partial charge in [0.1, 0.15) is 0 Å². The average molecular weight is 325 g/mol. The quantitative estimate of drug-likeness (QED) is 0.908. The summed E-state index contributed by atoms with van der Waals surface area (Å²) in [5.41, 5.74) is 8.75. The fourth-order valence-electron chi connectivity index (χ4n) is 2.97. The van der Waals surface area contributed by atoms with Crippen molar-refractivity contribution >= 4 is 21.6 Å². The molecule has 0 aromatic heterocycles. The van der Waals surface area contributed by atoms with Gasteiger partial charge in [-0.1, -0.05) is 35.3 Å². The second kappa shape index (κ2) is 6.76. The van der Waals surface area contributed by atoms with Gasteiger partial charge in [-0.2, -0.15) is 0 Å². The van der Waals surface area contributed by atoms with Crippen LogP contribution in [0.1, 0.15) is 38.7 Å². The van der Waals surface area contributed by atoms with Crippen LogP contribution in [0.5, 0.6) is 0 Å². The minimum absolute atomic E-state index is 0.215. The van der Waals surface area contributed by atoms with Crippen LogP contribution in [0.25, 0.3) is 0 Å². The van der Waals surface area contributed by atoms with Gasteiger partial charge in [0.15, 0.2) is 0 Å². The molecule has 1 aliphatic rings. The predicted molar refractivity (Wildman–Crippen MR) is 86.7 cm³/mol. The van der Waals surface area contributed by atoms with Gasteiger partial charge in [0.2, 0.25) is 0 Å². The first-order chi connectivity index (χ1) is 9.10. The molecule has 2 nitrogen and oxygen atoms in total. The molecule has 0 bridgehead atoms. The Morgan fingerprint density at radius 1 is 1.47 bits per heavy atom. The largest absolute Gasteiger partial charge is 0.371 e. The highest BCUT2D eigenvalue weighted by Crippen LogP contribution is 2.30. The zero-order valence-corrected chi connectivity index (χ0v) is 13.6. The Balaban J connectivity index is 2.23. The van der Waals surface area contributed by atoms with Gasteiger partial charge in [-0.25, -0.2) is 0 Å². The third-order valence-corrected chi connectivity index (χ3v) is 4.52. The minimum Gasteiger partial charge on any atom is -0.371 e. The molecule has 3 heteroatoms. The highest BCUT2D eigenvalue weighted by Gasteiger charge is 2.21. The number of nitrogens with two attached hydrogens (primary N) is 1. The molecule has 1 saturated heterocycles. The SMILES string of the molecule is CCC1CCCN(c2cc(Br)ccc2CC(C)N)C1. The van der Waals surface area contributed by atoms with Gasteiger partial charge in [-0.15, -0.1) is 0 Å². The molecule has 0 amide bonds. The maximum atomic E-state index is 5.98. The van der Waals surface area contributed by atoms with E-state index in [1.807, 2.05) is 0 Å². The monoisotopic (exact) mass is 324 g/mol. The summed E-state index contributed by atoms with van der Waals surface area (Å²) in [5, 5.41) is 0. The van der Waals surface area contributed by atoms with Crippen LogP contribution < -0.4 is 10.6 Å². The van der Waals surface area contributed by atoms with Crippen LogP contribution in [0, 0.1) is 5.92 Å². The molecule has 2 rings (SSSR count). The van der Waals surface area contributed by atoms with Crippen LogP contribution in [-0.4, -0.2) is 19.1 Å². The molecule has 1 aromatic carbocycles. The predicted octanol–water partition coefficient (Wildman–Crippen LogP) is 3.97. The van der Waals surface area contributed by atoms with Crippen LogP contribution in [0.4, 0.5) is 5.69 Å². The van der Waals surface area contributed by atoms with Crippen molar-refractivity contribution in [1.29, 1.82) is 0 Å². The van der Waals surface area contributed by atoms with Gasteiger partial charge in [0, 0.05) is 29.3 Å². The van der Waals surface area contributed by atoms with Crippen molar-refractivity contribution in [2.75, 3.05) is 18.0 Å². The summed E-state index contributed by atoms with van der Waals surface area (Å²) in [6.45, 7) is 6.76. The molecule has 2 unspecified atom stereocenters. The molecule has 1 aliphatic heterocycles. The second-order valence-electron chi connectivity index (χ2n) is 5.82. The van der Waals surface area contributed by atoms with Crippen LogP contribution in [0.2, 0.25) is 0 Å². The van der Waals surface area contributed by atoms with Crippen molar-refractivity contribution in [1.82, 2.24) is 0 Å². The Bertz CT molecular complexity index is 417. The lowest BCUT2D eigenvalue weighted by Gasteiger charge is -2.35. The third-order valence-electron chi connectivity index (χ3n) is 4.03. The molecule has 0 radical (unpaired) electrons. The lowest BCUT2D eigenvalue weighted by Crippen LogP contribution is -2.36. The highest BCUT2D eigenvalue weighted by molar-refractivity contribution is 9.10. The number of halogens is 1. The molecule has 2 atom stereocenters. The van der Waals surface area contributed by atoms with E-state index in [0.29, 0.717) is 0 Å². The summed E-state index contributed by atoms with van der Waals surface area (Å²) in [6, 6.07) is 6.82. The van der Waals surface area contributed by atoms with Gasteiger partial charge in [0.05, 0.1) is 0 Å². The van der Waals surface area contributed by atoms with E-state index >= 15 is 0 Å². The Labute approximate surface area is 125 Å². The molecule has 1 heterocycles. The number of anilines is 1. The molecule has 0 aliphatic carbocycles. The van der Waals surface area contributed by atoms with Crippen LogP contribution in [-0.2, 0) is 6.42 Å². The molecule has 19 heavy (non-hydrogen) atoms. The maximum absolute atomic E-state index is 5.98. The summed E-state index contributed by atoms with van der Waals surface area (Å²) < 4.78 is 1.16. The molecule has 1 fully saturated rings. The minimum atomic E-state index is 0.215. The van der Waals surface area contributed by atoms with Gasteiger partial charge < -0.3 is 10.6 Å². The van der Waals surface area contributed by atoms with Crippen LogP contribution in [0.15, 0.2) is 22.7 Å². The lowest BCUT2D eigenvalue weighted by atomic mass is 9.94. The van der Waals surface area contributed by atoms with E-state index in [1.165, 1.54) is 43.6 Å². The summed E-state index contributed by atoms with van der Waals surface area (Å²) in [4.78, 5) is 2.56. The van der Waals surface area contributed by atoms with Crippen LogP contribution >= 0.6 is 15.9 Å². The van der Waals surface area contributed by atoms with Crippen molar-refractivity contribution in [2.24, 2.45) is 11.7 Å². The number of hydrogen-bond acceptors (Lipinski definition) is 2. The Morgan fingerprint density at radius 3 is 2.95 bits per heavy atom. The van der Waals surface area contributed by atoms with E-state index < -0.39 is 0 Å². The first-order valence-electron chi connectivity index (χ1n) is 7.39. The normalized spacial score (nSPS) is 21.5. The number of nitrogens with zero attached hydrogens (tertiary/aromatic N) is 1. The molecule has 2 N–H and O–H groups in total. The van der Waals surface area contributed by atoms with Gasteiger partial charge in [-0.05, 0) is 49.8 Å². The van der Waals surface area contributed by atoms with E-state index in [2.05, 4.69) is 52.9 Å². The Morgan fingerprint density at radius 2 is 2.26 bits per heavy atom. The Hall–Kier alpha value is -0.540. The molecule has 106 valence electrons. The molecule has 1 aromatic rings. The van der Waals surface area contributed by atoms with Crippen molar-refractivity contribution in [3.05, 3.63) is 28.2 Å². The topological polar surface area (TPSA) is 29.3 Å². The summed E-state index contributed by atoms with van der Waals surface area (Å²) in [7, 11) is 0. The first-order valence-corrected chi connectivity index (χ1v) is 8.18. The third kappa shape index (κ3) is 3.96. The zero-order valence-electron chi connectivity index (χ0n) is 12.0. The second-order valence-corrected chi connectivity index (χ2v) is 6.73. The van der Waals surface area contributed by atoms with E-state index in [-0.39, 0.29) is 6.04 Å². The van der Waals surface area contributed by atoms with Crippen molar-refractivity contribution < 1.29 is 0 Å². The van der Waals surface area contributed by atoms with Gasteiger partial charge in [0.25, 0.3) is 0 Å². The van der Waals surface area contributed by atoms with E-state index in [1.54, 1.807) is 0 Å². The molecule has 0 saturated carbocycles. The van der Waals surface area contributed by atoms with Crippen LogP contribution in [0.3, 0.4) is 0 Å². The number of benzene rings is 1. The average Bonchev–Trinajstić information content (AvgIpc) is 2.40. The summed E-state index contributed by atoms with van der Waals surface area (Å²) in [5.74, 6) is 0.843. The fourth-order valence-corrected chi connectivity index (χ4v) is 3.32.